The summed E-state index contributed by atoms with van der Waals surface area (Å²) in [7, 11) is 0. The molecule has 0 aromatic heterocycles. The number of amides is 2. The maximum Gasteiger partial charge on any atom is 0.410 e. The van der Waals surface area contributed by atoms with Gasteiger partial charge in [0.15, 0.2) is 0 Å². The Kier molecular flexibility index (Phi) is 21.3. The molecule has 5 N–H and O–H groups in total. The van der Waals surface area contributed by atoms with E-state index < -0.39 is 36.0 Å². The molecule has 4 aliphatic rings. The average molecular weight is 907 g/mol. The molecular formula is C54H74N4O8. The summed E-state index contributed by atoms with van der Waals surface area (Å²) in [4.78, 5) is 49.2. The standard InChI is InChI=1S/2C15H19NO4.C12H13N.C12H23N/c2*1-2-12-8-16(9-13(12)14(17)18)15(19)20-10-11-6-4-3-5-7-11;1-9(13)11-8-4-6-10-5-2-3-7-12(10)11;1-3-7-11(8-4-1)13-12-9-5-2-6-10-12/h2*3-7,12-13H,2,8-10H2,1H3,(H,17,18);2-9H,13H2,1H3;11-13H,1-10H2/t2*12-,13+;9-;/m111./s1. The van der Waals surface area contributed by atoms with E-state index in [0.29, 0.717) is 13.1 Å². The van der Waals surface area contributed by atoms with Crippen LogP contribution >= 0.6 is 0 Å². The third kappa shape index (κ3) is 16.2. The fourth-order valence-corrected chi connectivity index (χ4v) is 9.57. The van der Waals surface area contributed by atoms with Gasteiger partial charge in [0, 0.05) is 44.3 Å². The predicted molar refractivity (Wildman–Crippen MR) is 260 cm³/mol. The number of nitrogens with one attached hydrogen (secondary N) is 1. The minimum absolute atomic E-state index is 0.0109. The fraction of sp³-hybridized carbons (Fsp3) is 0.519. The van der Waals surface area contributed by atoms with Gasteiger partial charge in [0.1, 0.15) is 13.2 Å². The van der Waals surface area contributed by atoms with Gasteiger partial charge in [0.25, 0.3) is 0 Å². The number of carbonyl (C=O) groups is 4. The molecule has 8 rings (SSSR count). The van der Waals surface area contributed by atoms with Crippen molar-refractivity contribution >= 4 is 34.9 Å². The Balaban J connectivity index is 0.000000168. The van der Waals surface area contributed by atoms with Gasteiger partial charge in [-0.3, -0.25) is 9.59 Å². The van der Waals surface area contributed by atoms with Crippen LogP contribution in [-0.2, 0) is 32.3 Å². The number of carboxylic acids is 2. The van der Waals surface area contributed by atoms with E-state index in [1.165, 1.54) is 90.3 Å². The van der Waals surface area contributed by atoms with Crippen LogP contribution in [0.5, 0.6) is 0 Å². The largest absolute Gasteiger partial charge is 0.481 e. The Morgan fingerprint density at radius 1 is 0.591 bits per heavy atom. The average Bonchev–Trinajstić information content (AvgIpc) is 4.01. The van der Waals surface area contributed by atoms with Crippen LogP contribution in [0.4, 0.5) is 9.59 Å². The maximum atomic E-state index is 12.0. The van der Waals surface area contributed by atoms with E-state index in [-0.39, 0.29) is 44.2 Å². The lowest BCUT2D eigenvalue weighted by molar-refractivity contribution is -0.143. The summed E-state index contributed by atoms with van der Waals surface area (Å²) in [5.74, 6) is -2.62. The number of ether oxygens (including phenoxy) is 2. The Morgan fingerprint density at radius 3 is 1.39 bits per heavy atom. The first-order chi connectivity index (χ1) is 32.0. The monoisotopic (exact) mass is 907 g/mol. The molecule has 4 fully saturated rings. The molecule has 4 aromatic carbocycles. The van der Waals surface area contributed by atoms with Crippen molar-refractivity contribution in [3.05, 3.63) is 120 Å². The Labute approximate surface area is 392 Å². The second-order valence-electron chi connectivity index (χ2n) is 18.3. The first kappa shape index (κ1) is 51.5. The van der Waals surface area contributed by atoms with E-state index in [9.17, 15) is 19.2 Å². The second-order valence-corrected chi connectivity index (χ2v) is 18.3. The van der Waals surface area contributed by atoms with Crippen molar-refractivity contribution in [1.82, 2.24) is 15.1 Å². The van der Waals surface area contributed by atoms with Crippen LogP contribution in [-0.4, -0.2) is 82.4 Å². The van der Waals surface area contributed by atoms with Crippen molar-refractivity contribution in [1.29, 1.82) is 0 Å². The van der Waals surface area contributed by atoms with Crippen molar-refractivity contribution in [3.63, 3.8) is 0 Å². The summed E-state index contributed by atoms with van der Waals surface area (Å²) >= 11 is 0. The van der Waals surface area contributed by atoms with Crippen molar-refractivity contribution in [2.24, 2.45) is 29.4 Å². The lowest BCUT2D eigenvalue weighted by atomic mass is 9.91. The molecule has 2 saturated carbocycles. The maximum absolute atomic E-state index is 12.0. The van der Waals surface area contributed by atoms with E-state index >= 15 is 0 Å². The first-order valence-electron chi connectivity index (χ1n) is 24.3. The van der Waals surface area contributed by atoms with Crippen LogP contribution in [0.3, 0.4) is 0 Å². The zero-order valence-electron chi connectivity index (χ0n) is 39.4. The summed E-state index contributed by atoms with van der Waals surface area (Å²) in [6.07, 6.45) is 15.2. The van der Waals surface area contributed by atoms with Gasteiger partial charge in [-0.2, -0.15) is 0 Å². The summed E-state index contributed by atoms with van der Waals surface area (Å²) in [5.41, 5.74) is 8.94. The number of benzene rings is 4. The molecule has 2 aliphatic heterocycles. The highest BCUT2D eigenvalue weighted by Crippen LogP contribution is 2.29. The lowest BCUT2D eigenvalue weighted by Gasteiger charge is -2.30. The highest BCUT2D eigenvalue weighted by atomic mass is 16.6. The van der Waals surface area contributed by atoms with Gasteiger partial charge in [-0.1, -0.05) is 168 Å². The molecular weight excluding hydrogens is 833 g/mol. The van der Waals surface area contributed by atoms with Gasteiger partial charge < -0.3 is 40.5 Å². The van der Waals surface area contributed by atoms with Crippen LogP contribution in [0.15, 0.2) is 103 Å². The molecule has 0 spiro atoms. The van der Waals surface area contributed by atoms with Crippen molar-refractivity contribution in [2.75, 3.05) is 26.2 Å². The van der Waals surface area contributed by atoms with Crippen molar-refractivity contribution in [3.8, 4) is 0 Å². The predicted octanol–water partition coefficient (Wildman–Crippen LogP) is 10.8. The van der Waals surface area contributed by atoms with Crippen LogP contribution in [0.1, 0.15) is 121 Å². The minimum Gasteiger partial charge on any atom is -0.481 e. The van der Waals surface area contributed by atoms with E-state index in [2.05, 4.69) is 35.6 Å². The van der Waals surface area contributed by atoms with Gasteiger partial charge in [-0.05, 0) is 71.9 Å². The van der Waals surface area contributed by atoms with Crippen molar-refractivity contribution in [2.45, 2.75) is 129 Å². The third-order valence-corrected chi connectivity index (χ3v) is 13.5. The van der Waals surface area contributed by atoms with E-state index in [1.807, 2.05) is 93.6 Å². The fourth-order valence-electron chi connectivity index (χ4n) is 9.57. The summed E-state index contributed by atoms with van der Waals surface area (Å²) < 4.78 is 10.5. The molecule has 358 valence electrons. The molecule has 2 aliphatic carbocycles. The number of hydrogen-bond acceptors (Lipinski definition) is 8. The number of carboxylic acid groups (broad SMARTS) is 2. The molecule has 0 radical (unpaired) electrons. The van der Waals surface area contributed by atoms with Gasteiger partial charge in [0.2, 0.25) is 0 Å². The SMILES string of the molecule is C1CCC(NC2CCCCC2)CC1.CC[C@@H]1CN(C(=O)OCc2ccccc2)C[C@@H]1C(=O)O.CC[C@@H]1CN(C(=O)OCc2ccccc2)C[C@@H]1C(=O)O.C[C@@H](N)c1cccc2ccccc12. The smallest absolute Gasteiger partial charge is 0.410 e. The molecule has 12 heteroatoms. The number of rotatable bonds is 11. The Morgan fingerprint density at radius 2 is 1.00 bits per heavy atom. The van der Waals surface area contributed by atoms with E-state index in [0.717, 1.165) is 36.1 Å². The zero-order valence-corrected chi connectivity index (χ0v) is 39.4. The van der Waals surface area contributed by atoms with E-state index in [1.54, 1.807) is 0 Å². The molecule has 2 heterocycles. The van der Waals surface area contributed by atoms with Crippen molar-refractivity contribution < 1.29 is 38.9 Å². The molecule has 2 saturated heterocycles. The van der Waals surface area contributed by atoms with Gasteiger partial charge in [0.05, 0.1) is 11.8 Å². The topological polar surface area (TPSA) is 172 Å². The molecule has 66 heavy (non-hydrogen) atoms. The highest BCUT2D eigenvalue weighted by Gasteiger charge is 2.40. The van der Waals surface area contributed by atoms with Gasteiger partial charge in [-0.15, -0.1) is 0 Å². The summed E-state index contributed by atoms with van der Waals surface area (Å²) in [6.45, 7) is 7.72. The molecule has 0 bridgehead atoms. The van der Waals surface area contributed by atoms with E-state index in [4.69, 9.17) is 25.4 Å². The number of nitrogens with two attached hydrogens (primary N) is 1. The number of fused-ring (bicyclic) bond motifs is 1. The molecule has 5 atom stereocenters. The number of carbonyl (C=O) groups excluding carboxylic acids is 2. The van der Waals surface area contributed by atoms with Crippen LogP contribution < -0.4 is 11.1 Å². The summed E-state index contributed by atoms with van der Waals surface area (Å²) in [6, 6.07) is 35.3. The quantitative estimate of drug-likeness (QED) is 0.113. The number of aliphatic carboxylic acids is 2. The Bertz CT molecular complexity index is 1960. The van der Waals surface area contributed by atoms with Gasteiger partial charge in [-0.25, -0.2) is 9.59 Å². The third-order valence-electron chi connectivity index (χ3n) is 13.5. The lowest BCUT2D eigenvalue weighted by Crippen LogP contribution is -2.40. The van der Waals surface area contributed by atoms with Crippen LogP contribution in [0.2, 0.25) is 0 Å². The molecule has 2 amide bonds. The number of hydrogen-bond donors (Lipinski definition) is 4. The molecule has 0 unspecified atom stereocenters. The Hall–Kier alpha value is -5.46. The molecule has 4 aromatic rings. The number of nitrogens with zero attached hydrogens (tertiary/aromatic N) is 2. The zero-order chi connectivity index (χ0) is 47.3. The highest BCUT2D eigenvalue weighted by molar-refractivity contribution is 5.86. The normalized spacial score (nSPS) is 21.2. The summed E-state index contributed by atoms with van der Waals surface area (Å²) in [5, 5.41) is 24.7. The number of likely N-dealkylation sites (tertiary alicyclic amines) is 2. The first-order valence-corrected chi connectivity index (χ1v) is 24.3. The van der Waals surface area contributed by atoms with Crippen LogP contribution in [0, 0.1) is 23.7 Å². The molecule has 12 nitrogen and oxygen atoms in total. The second kappa shape index (κ2) is 27.2. The minimum atomic E-state index is -0.838. The van der Waals surface area contributed by atoms with Crippen LogP contribution in [0.25, 0.3) is 10.8 Å². The van der Waals surface area contributed by atoms with Gasteiger partial charge >= 0.3 is 24.1 Å².